The molecule has 5 rings (SSSR count). The van der Waals surface area contributed by atoms with Crippen molar-refractivity contribution < 1.29 is 14.4 Å². The number of hydrogen-bond donors (Lipinski definition) is 2. The standard InChI is InChI=1S/C26H27N5O3/c1-29-16-8-14-21(29)22-15-9-17-30(22)18-23(32)28-31-24(33)26(27-25(31)34,19-10-4-2-5-11-19)20-12-6-3-7-13-20/h2-8,10-14,16,22H,9,15,17-18H2,1H3,(H,27,34)(H,28,32)/t22-/m1/s1. The maximum atomic E-state index is 13.7. The predicted octanol–water partition coefficient (Wildman–Crippen LogP) is 2.69. The lowest BCUT2D eigenvalue weighted by Gasteiger charge is -2.28. The SMILES string of the molecule is Cn1cccc1[C@H]1CCCN1CC(=O)NN1C(=O)NC(c2ccccc2)(c2ccccc2)C1=O. The molecule has 34 heavy (non-hydrogen) atoms. The molecule has 0 spiro atoms. The molecule has 0 radical (unpaired) electrons. The normalized spacial score (nSPS) is 19.9. The first-order valence-corrected chi connectivity index (χ1v) is 11.4. The summed E-state index contributed by atoms with van der Waals surface area (Å²) in [5.74, 6) is -0.940. The summed E-state index contributed by atoms with van der Waals surface area (Å²) in [5, 5.41) is 3.66. The van der Waals surface area contributed by atoms with Gasteiger partial charge in [-0.1, -0.05) is 60.7 Å². The van der Waals surface area contributed by atoms with Crippen LogP contribution in [-0.2, 0) is 22.2 Å². The minimum Gasteiger partial charge on any atom is -0.353 e. The summed E-state index contributed by atoms with van der Waals surface area (Å²) in [5.41, 5.74) is 3.55. The summed E-state index contributed by atoms with van der Waals surface area (Å²) in [4.78, 5) is 41.8. The number of nitrogens with one attached hydrogen (secondary N) is 2. The van der Waals surface area contributed by atoms with E-state index in [0.717, 1.165) is 30.1 Å². The zero-order valence-corrected chi connectivity index (χ0v) is 19.0. The van der Waals surface area contributed by atoms with E-state index in [0.29, 0.717) is 11.1 Å². The molecule has 0 bridgehead atoms. The molecule has 1 atom stereocenters. The van der Waals surface area contributed by atoms with Crippen molar-refractivity contribution in [2.75, 3.05) is 13.1 Å². The predicted molar refractivity (Wildman–Crippen MR) is 126 cm³/mol. The number of hydrazine groups is 1. The maximum absolute atomic E-state index is 13.7. The van der Waals surface area contributed by atoms with Crippen LogP contribution in [0.15, 0.2) is 79.0 Å². The highest BCUT2D eigenvalue weighted by atomic mass is 16.2. The second-order valence-electron chi connectivity index (χ2n) is 8.76. The van der Waals surface area contributed by atoms with Gasteiger partial charge in [-0.3, -0.25) is 19.9 Å². The largest absolute Gasteiger partial charge is 0.353 e. The van der Waals surface area contributed by atoms with E-state index in [1.54, 1.807) is 24.3 Å². The van der Waals surface area contributed by atoms with Crippen molar-refractivity contribution in [1.82, 2.24) is 25.2 Å². The molecular weight excluding hydrogens is 430 g/mol. The molecule has 8 nitrogen and oxygen atoms in total. The molecule has 3 heterocycles. The molecule has 2 aliphatic rings. The van der Waals surface area contributed by atoms with Crippen LogP contribution in [0, 0.1) is 0 Å². The number of aromatic nitrogens is 1. The Morgan fingerprint density at radius 3 is 2.24 bits per heavy atom. The molecule has 174 valence electrons. The quantitative estimate of drug-likeness (QED) is 0.558. The van der Waals surface area contributed by atoms with Crippen LogP contribution in [0.25, 0.3) is 0 Å². The van der Waals surface area contributed by atoms with Gasteiger partial charge < -0.3 is 9.88 Å². The fourth-order valence-electron chi connectivity index (χ4n) is 5.08. The number of benzene rings is 2. The molecule has 0 saturated carbocycles. The van der Waals surface area contributed by atoms with E-state index in [1.807, 2.05) is 55.7 Å². The van der Waals surface area contributed by atoms with Crippen LogP contribution in [0.2, 0.25) is 0 Å². The van der Waals surface area contributed by atoms with Gasteiger partial charge in [0.15, 0.2) is 5.54 Å². The van der Waals surface area contributed by atoms with Crippen molar-refractivity contribution in [2.45, 2.75) is 24.4 Å². The van der Waals surface area contributed by atoms with Crippen molar-refractivity contribution in [2.24, 2.45) is 7.05 Å². The lowest BCUT2D eigenvalue weighted by molar-refractivity contribution is -0.139. The van der Waals surface area contributed by atoms with E-state index in [9.17, 15) is 14.4 Å². The minimum absolute atomic E-state index is 0.0938. The van der Waals surface area contributed by atoms with Crippen molar-refractivity contribution in [1.29, 1.82) is 0 Å². The van der Waals surface area contributed by atoms with Gasteiger partial charge in [0, 0.05) is 18.9 Å². The third kappa shape index (κ3) is 3.66. The number of urea groups is 1. The summed E-state index contributed by atoms with van der Waals surface area (Å²) in [6.45, 7) is 0.873. The number of imide groups is 1. The fraction of sp³-hybridized carbons (Fsp3) is 0.269. The van der Waals surface area contributed by atoms with E-state index in [2.05, 4.69) is 26.3 Å². The molecule has 2 N–H and O–H groups in total. The Morgan fingerprint density at radius 2 is 1.65 bits per heavy atom. The molecule has 2 saturated heterocycles. The summed E-state index contributed by atoms with van der Waals surface area (Å²) < 4.78 is 2.06. The van der Waals surface area contributed by atoms with Gasteiger partial charge in [-0.15, -0.1) is 0 Å². The number of hydrogen-bond acceptors (Lipinski definition) is 4. The number of carbonyl (C=O) groups excluding carboxylic acids is 3. The Bertz CT molecular complexity index is 1170. The second-order valence-corrected chi connectivity index (χ2v) is 8.76. The molecule has 0 unspecified atom stereocenters. The van der Waals surface area contributed by atoms with Crippen molar-refractivity contribution in [3.05, 3.63) is 95.8 Å². The molecule has 8 heteroatoms. The van der Waals surface area contributed by atoms with Gasteiger partial charge in [-0.25, -0.2) is 4.79 Å². The van der Waals surface area contributed by atoms with E-state index >= 15 is 0 Å². The van der Waals surface area contributed by atoms with E-state index in [1.165, 1.54) is 0 Å². The summed E-state index contributed by atoms with van der Waals surface area (Å²) in [6.07, 6.45) is 3.93. The smallest absolute Gasteiger partial charge is 0.344 e. The first kappa shape index (κ1) is 21.9. The summed E-state index contributed by atoms with van der Waals surface area (Å²) in [7, 11) is 1.99. The van der Waals surface area contributed by atoms with Crippen molar-refractivity contribution in [3.63, 3.8) is 0 Å². The van der Waals surface area contributed by atoms with E-state index in [4.69, 9.17) is 0 Å². The Balaban J connectivity index is 1.38. The zero-order chi connectivity index (χ0) is 23.7. The van der Waals surface area contributed by atoms with Gasteiger partial charge in [0.2, 0.25) is 0 Å². The lowest BCUT2D eigenvalue weighted by Crippen LogP contribution is -2.51. The second kappa shape index (κ2) is 8.79. The Labute approximate surface area is 198 Å². The third-order valence-electron chi connectivity index (χ3n) is 6.71. The van der Waals surface area contributed by atoms with Crippen LogP contribution in [0.5, 0.6) is 0 Å². The van der Waals surface area contributed by atoms with Crippen molar-refractivity contribution >= 4 is 17.8 Å². The molecule has 2 aliphatic heterocycles. The molecule has 1 aromatic heterocycles. The molecule has 2 fully saturated rings. The Morgan fingerprint density at radius 1 is 1.00 bits per heavy atom. The molecular formula is C26H27N5O3. The molecule has 2 aromatic carbocycles. The topological polar surface area (TPSA) is 86.7 Å². The van der Waals surface area contributed by atoms with Crippen LogP contribution in [0.3, 0.4) is 0 Å². The average Bonchev–Trinajstić information content (AvgIpc) is 3.55. The van der Waals surface area contributed by atoms with Gasteiger partial charge in [-0.05, 0) is 42.6 Å². The maximum Gasteiger partial charge on any atom is 0.344 e. The third-order valence-corrected chi connectivity index (χ3v) is 6.71. The number of rotatable bonds is 6. The monoisotopic (exact) mass is 457 g/mol. The minimum atomic E-state index is -1.41. The summed E-state index contributed by atoms with van der Waals surface area (Å²) >= 11 is 0. The summed E-state index contributed by atoms with van der Waals surface area (Å²) in [6, 6.07) is 21.7. The van der Waals surface area contributed by atoms with E-state index in [-0.39, 0.29) is 12.6 Å². The van der Waals surface area contributed by atoms with Gasteiger partial charge in [0.05, 0.1) is 12.6 Å². The lowest BCUT2D eigenvalue weighted by atomic mass is 9.83. The highest BCUT2D eigenvalue weighted by molar-refractivity contribution is 6.10. The molecule has 3 aromatic rings. The van der Waals surface area contributed by atoms with Crippen LogP contribution in [-0.4, -0.2) is 45.4 Å². The van der Waals surface area contributed by atoms with E-state index < -0.39 is 23.4 Å². The zero-order valence-electron chi connectivity index (χ0n) is 19.0. The first-order chi connectivity index (χ1) is 16.5. The number of likely N-dealkylation sites (tertiary alicyclic amines) is 1. The number of aryl methyl sites for hydroxylation is 1. The number of nitrogens with zero attached hydrogens (tertiary/aromatic N) is 3. The van der Waals surface area contributed by atoms with Gasteiger partial charge in [0.25, 0.3) is 11.8 Å². The number of amides is 4. The van der Waals surface area contributed by atoms with Crippen molar-refractivity contribution in [3.8, 4) is 0 Å². The van der Waals surface area contributed by atoms with Gasteiger partial charge in [-0.2, -0.15) is 5.01 Å². The molecule has 4 amide bonds. The van der Waals surface area contributed by atoms with Crippen LogP contribution >= 0.6 is 0 Å². The van der Waals surface area contributed by atoms with Gasteiger partial charge >= 0.3 is 6.03 Å². The Kier molecular flexibility index (Phi) is 5.67. The fourth-order valence-corrected chi connectivity index (χ4v) is 5.08. The van der Waals surface area contributed by atoms with Crippen LogP contribution in [0.4, 0.5) is 4.79 Å². The van der Waals surface area contributed by atoms with Crippen LogP contribution in [0.1, 0.15) is 35.7 Å². The van der Waals surface area contributed by atoms with Gasteiger partial charge in [0.1, 0.15) is 0 Å². The number of carbonyl (C=O) groups is 3. The Hall–Kier alpha value is -3.91. The van der Waals surface area contributed by atoms with Crippen LogP contribution < -0.4 is 10.7 Å². The highest BCUT2D eigenvalue weighted by Gasteiger charge is 2.54. The molecule has 0 aliphatic carbocycles. The first-order valence-electron chi connectivity index (χ1n) is 11.4. The highest BCUT2D eigenvalue weighted by Crippen LogP contribution is 2.35. The average molecular weight is 458 g/mol.